The van der Waals surface area contributed by atoms with Crippen molar-refractivity contribution in [1.29, 1.82) is 0 Å². The maximum Gasteiger partial charge on any atom is 0.189 e. The number of hydrogen-bond acceptors (Lipinski definition) is 4. The van der Waals surface area contributed by atoms with Crippen LogP contribution in [0.25, 0.3) is 0 Å². The Kier molecular flexibility index (Phi) is 4.45. The molecule has 0 amide bonds. The van der Waals surface area contributed by atoms with Gasteiger partial charge in [-0.2, -0.15) is 0 Å². The second kappa shape index (κ2) is 5.44. The van der Waals surface area contributed by atoms with E-state index in [1.54, 1.807) is 11.3 Å². The summed E-state index contributed by atoms with van der Waals surface area (Å²) in [7, 11) is 0. The highest BCUT2D eigenvalue weighted by Crippen LogP contribution is 2.25. The molecule has 0 aliphatic carbocycles. The van der Waals surface area contributed by atoms with Crippen molar-refractivity contribution >= 4 is 17.3 Å². The highest BCUT2D eigenvalue weighted by Gasteiger charge is 2.18. The van der Waals surface area contributed by atoms with Crippen molar-refractivity contribution in [1.82, 2.24) is 15.5 Å². The van der Waals surface area contributed by atoms with Crippen LogP contribution in [0.15, 0.2) is 4.99 Å². The van der Waals surface area contributed by atoms with Crippen molar-refractivity contribution in [3.05, 3.63) is 10.0 Å². The van der Waals surface area contributed by atoms with E-state index >= 15 is 0 Å². The number of hydrogen-bond donors (Lipinski definition) is 2. The van der Waals surface area contributed by atoms with Gasteiger partial charge in [-0.15, -0.1) is 10.2 Å². The smallest absolute Gasteiger partial charge is 0.189 e. The van der Waals surface area contributed by atoms with E-state index in [4.69, 9.17) is 5.73 Å². The highest BCUT2D eigenvalue weighted by molar-refractivity contribution is 7.11. The van der Waals surface area contributed by atoms with Crippen molar-refractivity contribution in [3.63, 3.8) is 0 Å². The zero-order valence-electron chi connectivity index (χ0n) is 11.1. The molecule has 96 valence electrons. The van der Waals surface area contributed by atoms with E-state index in [1.807, 2.05) is 13.8 Å². The monoisotopic (exact) mass is 255 g/mol. The molecule has 0 saturated heterocycles. The number of nitrogens with zero attached hydrogens (tertiary/aromatic N) is 3. The summed E-state index contributed by atoms with van der Waals surface area (Å²) in [6.07, 6.45) is 0. The van der Waals surface area contributed by atoms with Crippen LogP contribution < -0.4 is 11.1 Å². The Labute approximate surface area is 107 Å². The van der Waals surface area contributed by atoms with Crippen LogP contribution in [0.4, 0.5) is 0 Å². The largest absolute Gasteiger partial charge is 0.370 e. The topological polar surface area (TPSA) is 76.2 Å². The van der Waals surface area contributed by atoms with Crippen LogP contribution in [0.3, 0.4) is 0 Å². The lowest BCUT2D eigenvalue weighted by Crippen LogP contribution is -2.36. The fraction of sp³-hybridized carbons (Fsp3) is 0.727. The summed E-state index contributed by atoms with van der Waals surface area (Å²) in [5.74, 6) is 0.451. The third-order valence-electron chi connectivity index (χ3n) is 1.93. The average molecular weight is 255 g/mol. The van der Waals surface area contributed by atoms with Gasteiger partial charge < -0.3 is 11.1 Å². The van der Waals surface area contributed by atoms with Gasteiger partial charge in [-0.25, -0.2) is 4.99 Å². The Bertz CT molecular complexity index is 389. The fourth-order valence-electron chi connectivity index (χ4n) is 1.11. The van der Waals surface area contributed by atoms with E-state index in [0.29, 0.717) is 18.5 Å². The maximum absolute atomic E-state index is 5.71. The molecule has 0 bridgehead atoms. The van der Waals surface area contributed by atoms with Crippen LogP contribution in [0, 0.1) is 0 Å². The molecule has 17 heavy (non-hydrogen) atoms. The summed E-state index contributed by atoms with van der Waals surface area (Å²) in [5, 5.41) is 13.2. The molecule has 0 fully saturated rings. The number of rotatable bonds is 3. The summed E-state index contributed by atoms with van der Waals surface area (Å²) in [6, 6.07) is 0.290. The molecule has 6 heteroatoms. The Morgan fingerprint density at radius 1 is 1.41 bits per heavy atom. The van der Waals surface area contributed by atoms with Crippen LogP contribution >= 0.6 is 11.3 Å². The van der Waals surface area contributed by atoms with E-state index in [1.165, 1.54) is 0 Å². The lowest BCUT2D eigenvalue weighted by molar-refractivity contribution is 0.577. The minimum absolute atomic E-state index is 0.0430. The maximum atomic E-state index is 5.71. The first-order valence-corrected chi connectivity index (χ1v) is 6.50. The van der Waals surface area contributed by atoms with Gasteiger partial charge in [0.05, 0.1) is 6.54 Å². The second-order valence-electron chi connectivity index (χ2n) is 5.25. The van der Waals surface area contributed by atoms with Gasteiger partial charge in [0.15, 0.2) is 5.96 Å². The van der Waals surface area contributed by atoms with E-state index in [0.717, 1.165) is 10.0 Å². The lowest BCUT2D eigenvalue weighted by atomic mass is 9.98. The van der Waals surface area contributed by atoms with E-state index < -0.39 is 0 Å². The molecule has 1 aromatic rings. The molecule has 0 aliphatic heterocycles. The number of aromatic nitrogens is 2. The van der Waals surface area contributed by atoms with Crippen molar-refractivity contribution in [3.8, 4) is 0 Å². The molecule has 0 aliphatic rings. The normalized spacial score (nSPS) is 13.2. The molecule has 1 aromatic heterocycles. The van der Waals surface area contributed by atoms with Gasteiger partial charge >= 0.3 is 0 Å². The Morgan fingerprint density at radius 2 is 2.06 bits per heavy atom. The second-order valence-corrected chi connectivity index (χ2v) is 6.31. The van der Waals surface area contributed by atoms with Crippen LogP contribution in [0.5, 0.6) is 0 Å². The predicted octanol–water partition coefficient (Wildman–Crippen LogP) is 1.65. The SMILES string of the molecule is CC(C)NC(N)=NCc1nnc(C(C)(C)C)s1. The van der Waals surface area contributed by atoms with Gasteiger partial charge in [-0.3, -0.25) is 0 Å². The zero-order valence-corrected chi connectivity index (χ0v) is 11.9. The minimum atomic E-state index is 0.0430. The Balaban J connectivity index is 2.61. The quantitative estimate of drug-likeness (QED) is 0.636. The Morgan fingerprint density at radius 3 is 2.53 bits per heavy atom. The van der Waals surface area contributed by atoms with Crippen LogP contribution in [-0.4, -0.2) is 22.2 Å². The van der Waals surface area contributed by atoms with Gasteiger partial charge in [0.2, 0.25) is 0 Å². The summed E-state index contributed by atoms with van der Waals surface area (Å²) >= 11 is 1.59. The number of nitrogens with two attached hydrogens (primary N) is 1. The molecular formula is C11H21N5S. The van der Waals surface area contributed by atoms with Crippen LogP contribution in [0.2, 0.25) is 0 Å². The summed E-state index contributed by atoms with van der Waals surface area (Å²) < 4.78 is 0. The zero-order chi connectivity index (χ0) is 13.1. The Hall–Kier alpha value is -1.17. The molecular weight excluding hydrogens is 234 g/mol. The van der Waals surface area contributed by atoms with E-state index in [9.17, 15) is 0 Å². The summed E-state index contributed by atoms with van der Waals surface area (Å²) in [4.78, 5) is 4.22. The van der Waals surface area contributed by atoms with Crippen LogP contribution in [0.1, 0.15) is 44.6 Å². The number of guanidine groups is 1. The van der Waals surface area contributed by atoms with Gasteiger partial charge in [0.1, 0.15) is 10.0 Å². The first-order chi connectivity index (χ1) is 7.79. The van der Waals surface area contributed by atoms with E-state index in [2.05, 4.69) is 41.3 Å². The first kappa shape index (κ1) is 13.9. The third-order valence-corrected chi connectivity index (χ3v) is 3.26. The summed E-state index contributed by atoms with van der Waals surface area (Å²) in [5.41, 5.74) is 5.75. The standard InChI is InChI=1S/C11H21N5S/c1-7(2)14-10(12)13-6-8-15-16-9(17-8)11(3,4)5/h7H,6H2,1-5H3,(H3,12,13,14). The molecule has 1 rings (SSSR count). The molecule has 5 nitrogen and oxygen atoms in total. The van der Waals surface area contributed by atoms with E-state index in [-0.39, 0.29) is 5.41 Å². The van der Waals surface area contributed by atoms with Crippen molar-refractivity contribution in [2.24, 2.45) is 10.7 Å². The third kappa shape index (κ3) is 4.68. The first-order valence-electron chi connectivity index (χ1n) is 5.68. The van der Waals surface area contributed by atoms with Crippen molar-refractivity contribution < 1.29 is 0 Å². The molecule has 0 unspecified atom stereocenters. The highest BCUT2D eigenvalue weighted by atomic mass is 32.1. The average Bonchev–Trinajstić information content (AvgIpc) is 2.61. The summed E-state index contributed by atoms with van der Waals surface area (Å²) in [6.45, 7) is 10.9. The fourth-order valence-corrected chi connectivity index (χ4v) is 1.94. The van der Waals surface area contributed by atoms with Crippen molar-refractivity contribution in [2.75, 3.05) is 0 Å². The molecule has 0 aromatic carbocycles. The molecule has 0 saturated carbocycles. The van der Waals surface area contributed by atoms with Gasteiger partial charge in [-0.05, 0) is 13.8 Å². The van der Waals surface area contributed by atoms with Gasteiger partial charge in [0.25, 0.3) is 0 Å². The number of aliphatic imine (C=N–C) groups is 1. The van der Waals surface area contributed by atoms with Gasteiger partial charge in [-0.1, -0.05) is 32.1 Å². The lowest BCUT2D eigenvalue weighted by Gasteiger charge is -2.12. The molecule has 0 atom stereocenters. The molecule has 0 radical (unpaired) electrons. The number of nitrogens with one attached hydrogen (secondary N) is 1. The molecule has 1 heterocycles. The van der Waals surface area contributed by atoms with Crippen molar-refractivity contribution in [2.45, 2.75) is 52.6 Å². The minimum Gasteiger partial charge on any atom is -0.370 e. The van der Waals surface area contributed by atoms with Gasteiger partial charge in [0, 0.05) is 11.5 Å². The predicted molar refractivity (Wildman–Crippen MR) is 72.2 cm³/mol. The molecule has 3 N–H and O–H groups in total. The molecule has 0 spiro atoms. The van der Waals surface area contributed by atoms with Crippen LogP contribution in [-0.2, 0) is 12.0 Å².